The summed E-state index contributed by atoms with van der Waals surface area (Å²) in [5.74, 6) is 0.862. The fourth-order valence-electron chi connectivity index (χ4n) is 1.53. The van der Waals surface area contributed by atoms with Crippen molar-refractivity contribution in [2.45, 2.75) is 4.90 Å². The van der Waals surface area contributed by atoms with Gasteiger partial charge in [0.1, 0.15) is 11.6 Å². The van der Waals surface area contributed by atoms with Crippen LogP contribution >= 0.6 is 0 Å². The Morgan fingerprint density at radius 1 is 1.16 bits per heavy atom. The smallest absolute Gasteiger partial charge is 0.265 e. The molecule has 0 amide bonds. The summed E-state index contributed by atoms with van der Waals surface area (Å²) in [6, 6.07) is 8.04. The molecule has 0 atom stereocenters. The molecule has 2 aromatic rings. The summed E-state index contributed by atoms with van der Waals surface area (Å²) in [5, 5.41) is 2.81. The van der Waals surface area contributed by atoms with Crippen molar-refractivity contribution < 1.29 is 8.42 Å². The third-order valence-corrected chi connectivity index (χ3v) is 4.38. The lowest BCUT2D eigenvalue weighted by Gasteiger charge is -2.18. The molecular formula is C12H14N4O2S. The van der Waals surface area contributed by atoms with Gasteiger partial charge in [-0.3, -0.25) is 4.31 Å². The molecule has 2 heterocycles. The fraction of sp³-hybridized carbons (Fsp3) is 0.167. The van der Waals surface area contributed by atoms with Gasteiger partial charge in [-0.2, -0.15) is 0 Å². The maximum atomic E-state index is 12.4. The molecule has 6 nitrogen and oxygen atoms in total. The van der Waals surface area contributed by atoms with Crippen LogP contribution in [0.5, 0.6) is 0 Å². The molecule has 0 saturated carbocycles. The monoisotopic (exact) mass is 278 g/mol. The first-order chi connectivity index (χ1) is 9.05. The number of pyridine rings is 2. The number of anilines is 2. The Labute approximate surface area is 112 Å². The third kappa shape index (κ3) is 2.65. The molecule has 2 aromatic heterocycles. The van der Waals surface area contributed by atoms with E-state index in [0.29, 0.717) is 11.6 Å². The van der Waals surface area contributed by atoms with Crippen molar-refractivity contribution >= 4 is 21.7 Å². The van der Waals surface area contributed by atoms with Crippen LogP contribution in [-0.4, -0.2) is 32.5 Å². The number of nitrogens with one attached hydrogen (secondary N) is 1. The number of hydrogen-bond donors (Lipinski definition) is 1. The maximum Gasteiger partial charge on any atom is 0.265 e. The van der Waals surface area contributed by atoms with Gasteiger partial charge in [-0.05, 0) is 18.2 Å². The van der Waals surface area contributed by atoms with Gasteiger partial charge in [0.05, 0.1) is 4.90 Å². The second kappa shape index (κ2) is 5.23. The van der Waals surface area contributed by atoms with Gasteiger partial charge in [-0.1, -0.05) is 6.07 Å². The Bertz CT molecular complexity index is 658. The van der Waals surface area contributed by atoms with E-state index in [1.165, 1.54) is 25.4 Å². The zero-order valence-electron chi connectivity index (χ0n) is 10.6. The van der Waals surface area contributed by atoms with Gasteiger partial charge in [0.2, 0.25) is 0 Å². The van der Waals surface area contributed by atoms with E-state index in [1.807, 2.05) is 0 Å². The van der Waals surface area contributed by atoms with Crippen LogP contribution in [-0.2, 0) is 10.0 Å². The third-order valence-electron chi connectivity index (χ3n) is 2.62. The van der Waals surface area contributed by atoms with E-state index in [0.717, 1.165) is 4.31 Å². The highest BCUT2D eigenvalue weighted by Crippen LogP contribution is 2.20. The van der Waals surface area contributed by atoms with Gasteiger partial charge in [-0.25, -0.2) is 18.4 Å². The first kappa shape index (κ1) is 13.3. The zero-order chi connectivity index (χ0) is 13.9. The van der Waals surface area contributed by atoms with E-state index in [-0.39, 0.29) is 4.90 Å². The molecular weight excluding hydrogens is 264 g/mol. The van der Waals surface area contributed by atoms with Crippen LogP contribution in [0.25, 0.3) is 0 Å². The van der Waals surface area contributed by atoms with Crippen molar-refractivity contribution in [2.24, 2.45) is 0 Å². The highest BCUT2D eigenvalue weighted by Gasteiger charge is 2.22. The highest BCUT2D eigenvalue weighted by molar-refractivity contribution is 7.92. The quantitative estimate of drug-likeness (QED) is 0.913. The minimum absolute atomic E-state index is 0.167. The Morgan fingerprint density at radius 2 is 1.95 bits per heavy atom. The SMILES string of the molecule is CNc1cc(S(=O)(=O)N(C)c2ccccn2)ccn1. The summed E-state index contributed by atoms with van der Waals surface area (Å²) >= 11 is 0. The second-order valence-corrected chi connectivity index (χ2v) is 5.76. The number of aromatic nitrogens is 2. The van der Waals surface area contributed by atoms with Crippen molar-refractivity contribution in [3.8, 4) is 0 Å². The van der Waals surface area contributed by atoms with Gasteiger partial charge in [0, 0.05) is 32.6 Å². The van der Waals surface area contributed by atoms with E-state index < -0.39 is 10.0 Å². The lowest BCUT2D eigenvalue weighted by molar-refractivity contribution is 0.594. The molecule has 0 spiro atoms. The maximum absolute atomic E-state index is 12.4. The molecule has 0 aliphatic carbocycles. The average Bonchev–Trinajstić information content (AvgIpc) is 2.47. The Morgan fingerprint density at radius 3 is 2.58 bits per heavy atom. The van der Waals surface area contributed by atoms with E-state index >= 15 is 0 Å². The molecule has 0 unspecified atom stereocenters. The molecule has 7 heteroatoms. The van der Waals surface area contributed by atoms with Crippen molar-refractivity contribution in [2.75, 3.05) is 23.7 Å². The topological polar surface area (TPSA) is 75.2 Å². The first-order valence-electron chi connectivity index (χ1n) is 5.59. The van der Waals surface area contributed by atoms with E-state index in [2.05, 4.69) is 15.3 Å². The van der Waals surface area contributed by atoms with E-state index in [1.54, 1.807) is 31.4 Å². The number of sulfonamides is 1. The lowest BCUT2D eigenvalue weighted by atomic mass is 10.5. The van der Waals surface area contributed by atoms with Crippen LogP contribution in [0.4, 0.5) is 11.6 Å². The first-order valence-corrected chi connectivity index (χ1v) is 7.03. The van der Waals surface area contributed by atoms with Crippen molar-refractivity contribution in [3.05, 3.63) is 42.7 Å². The Hall–Kier alpha value is -2.15. The lowest BCUT2D eigenvalue weighted by Crippen LogP contribution is -2.27. The van der Waals surface area contributed by atoms with Gasteiger partial charge in [0.25, 0.3) is 10.0 Å². The number of nitrogens with zero attached hydrogens (tertiary/aromatic N) is 3. The Balaban J connectivity index is 2.42. The summed E-state index contributed by atoms with van der Waals surface area (Å²) in [4.78, 5) is 8.19. The number of rotatable bonds is 4. The summed E-state index contributed by atoms with van der Waals surface area (Å²) in [7, 11) is -0.483. The molecule has 0 aliphatic heterocycles. The van der Waals surface area contributed by atoms with E-state index in [4.69, 9.17) is 0 Å². The predicted molar refractivity (Wildman–Crippen MR) is 73.6 cm³/mol. The highest BCUT2D eigenvalue weighted by atomic mass is 32.2. The molecule has 0 radical (unpaired) electrons. The molecule has 0 saturated heterocycles. The normalized spacial score (nSPS) is 11.1. The van der Waals surface area contributed by atoms with Crippen molar-refractivity contribution in [1.29, 1.82) is 0 Å². The molecule has 19 heavy (non-hydrogen) atoms. The van der Waals surface area contributed by atoms with Crippen molar-refractivity contribution in [3.63, 3.8) is 0 Å². The molecule has 0 fully saturated rings. The van der Waals surface area contributed by atoms with Gasteiger partial charge < -0.3 is 5.32 Å². The van der Waals surface area contributed by atoms with Crippen LogP contribution in [0.1, 0.15) is 0 Å². The molecule has 100 valence electrons. The van der Waals surface area contributed by atoms with Crippen molar-refractivity contribution in [1.82, 2.24) is 9.97 Å². The summed E-state index contributed by atoms with van der Waals surface area (Å²) < 4.78 is 26.0. The van der Waals surface area contributed by atoms with Crippen LogP contribution in [0.15, 0.2) is 47.6 Å². The summed E-state index contributed by atoms with van der Waals surface area (Å²) in [5.41, 5.74) is 0. The second-order valence-electron chi connectivity index (χ2n) is 3.79. The molecule has 1 N–H and O–H groups in total. The zero-order valence-corrected chi connectivity index (χ0v) is 11.4. The molecule has 0 aromatic carbocycles. The standard InChI is InChI=1S/C12H14N4O2S/c1-13-11-9-10(6-8-14-11)19(17,18)16(2)12-5-3-4-7-15-12/h3-9H,1-2H3,(H,13,14). The largest absolute Gasteiger partial charge is 0.373 e. The van der Waals surface area contributed by atoms with E-state index in [9.17, 15) is 8.42 Å². The van der Waals surface area contributed by atoms with Crippen LogP contribution in [0, 0.1) is 0 Å². The Kier molecular flexibility index (Phi) is 3.66. The molecule has 0 bridgehead atoms. The fourth-order valence-corrected chi connectivity index (χ4v) is 2.69. The van der Waals surface area contributed by atoms with Gasteiger partial charge in [0.15, 0.2) is 0 Å². The van der Waals surface area contributed by atoms with Gasteiger partial charge in [-0.15, -0.1) is 0 Å². The van der Waals surface area contributed by atoms with Crippen LogP contribution < -0.4 is 9.62 Å². The number of hydrogen-bond acceptors (Lipinski definition) is 5. The minimum Gasteiger partial charge on any atom is -0.373 e. The predicted octanol–water partition coefficient (Wildman–Crippen LogP) is 1.34. The van der Waals surface area contributed by atoms with Crippen LogP contribution in [0.2, 0.25) is 0 Å². The molecule has 0 aliphatic rings. The van der Waals surface area contributed by atoms with Crippen LogP contribution in [0.3, 0.4) is 0 Å². The summed E-state index contributed by atoms with van der Waals surface area (Å²) in [6.45, 7) is 0. The summed E-state index contributed by atoms with van der Waals surface area (Å²) in [6.07, 6.45) is 3.00. The van der Waals surface area contributed by atoms with Gasteiger partial charge >= 0.3 is 0 Å². The molecule has 2 rings (SSSR count). The minimum atomic E-state index is -3.63. The average molecular weight is 278 g/mol.